The second kappa shape index (κ2) is 13.5. The fourth-order valence-corrected chi connectivity index (χ4v) is 2.53. The van der Waals surface area contributed by atoms with E-state index < -0.39 is 0 Å². The van der Waals surface area contributed by atoms with Crippen LogP contribution in [-0.2, 0) is 14.2 Å². The lowest BCUT2D eigenvalue weighted by molar-refractivity contribution is 0.115. The summed E-state index contributed by atoms with van der Waals surface area (Å²) in [6, 6.07) is 0. The average Bonchev–Trinajstić information content (AvgIpc) is 2.66. The van der Waals surface area contributed by atoms with Gasteiger partial charge >= 0.3 is 0 Å². The van der Waals surface area contributed by atoms with Crippen molar-refractivity contribution in [3.05, 3.63) is 0 Å². The molecule has 27 heavy (non-hydrogen) atoms. The highest BCUT2D eigenvalue weighted by Gasteiger charge is 2.16. The van der Waals surface area contributed by atoms with Gasteiger partial charge in [0.05, 0.1) is 0 Å². The van der Waals surface area contributed by atoms with Crippen molar-refractivity contribution >= 4 is 17.8 Å². The third-order valence-electron chi connectivity index (χ3n) is 4.01. The Kier molecular flexibility index (Phi) is 11.6. The number of aromatic nitrogens is 3. The molecule has 3 atom stereocenters. The minimum absolute atomic E-state index is 0.166. The standard InChI is InChI=1S/C18H36N6O3/c1-7-10-13(25-4)19-16-22-17(20-14(26-5)11-8-2)24-18(23-16)21-15(27-6)12-9-3/h13-15H,7-12H2,1-6H3,(H3,19,20,21,22,23,24). The molecule has 0 bridgehead atoms. The second-order valence-corrected chi connectivity index (χ2v) is 6.28. The summed E-state index contributed by atoms with van der Waals surface area (Å²) >= 11 is 0. The third kappa shape index (κ3) is 8.68. The largest absolute Gasteiger partial charge is 0.362 e. The van der Waals surface area contributed by atoms with E-state index in [1.54, 1.807) is 21.3 Å². The lowest BCUT2D eigenvalue weighted by Crippen LogP contribution is -2.28. The van der Waals surface area contributed by atoms with Gasteiger partial charge in [0.25, 0.3) is 0 Å². The number of hydrogen-bond acceptors (Lipinski definition) is 9. The first-order valence-corrected chi connectivity index (χ1v) is 9.74. The maximum Gasteiger partial charge on any atom is 0.231 e. The van der Waals surface area contributed by atoms with Crippen LogP contribution in [0.15, 0.2) is 0 Å². The Morgan fingerprint density at radius 1 is 0.593 bits per heavy atom. The van der Waals surface area contributed by atoms with E-state index in [4.69, 9.17) is 14.2 Å². The van der Waals surface area contributed by atoms with E-state index in [-0.39, 0.29) is 18.7 Å². The first kappa shape index (κ1) is 23.3. The molecule has 1 heterocycles. The van der Waals surface area contributed by atoms with Crippen LogP contribution >= 0.6 is 0 Å². The summed E-state index contributed by atoms with van der Waals surface area (Å²) in [5, 5.41) is 9.63. The van der Waals surface area contributed by atoms with Crippen LogP contribution in [0.4, 0.5) is 17.8 Å². The Morgan fingerprint density at radius 2 is 0.852 bits per heavy atom. The molecule has 1 aromatic rings. The van der Waals surface area contributed by atoms with Crippen molar-refractivity contribution < 1.29 is 14.2 Å². The van der Waals surface area contributed by atoms with Gasteiger partial charge in [0.1, 0.15) is 18.7 Å². The zero-order valence-corrected chi connectivity index (χ0v) is 17.5. The van der Waals surface area contributed by atoms with Crippen molar-refractivity contribution in [3.63, 3.8) is 0 Å². The van der Waals surface area contributed by atoms with Gasteiger partial charge in [0, 0.05) is 21.3 Å². The average molecular weight is 385 g/mol. The Balaban J connectivity index is 3.05. The number of anilines is 3. The Morgan fingerprint density at radius 3 is 1.04 bits per heavy atom. The first-order valence-electron chi connectivity index (χ1n) is 9.74. The van der Waals surface area contributed by atoms with E-state index in [2.05, 4.69) is 51.7 Å². The third-order valence-corrected chi connectivity index (χ3v) is 4.01. The van der Waals surface area contributed by atoms with Crippen LogP contribution in [0.1, 0.15) is 59.3 Å². The molecule has 0 aromatic carbocycles. The van der Waals surface area contributed by atoms with E-state index in [9.17, 15) is 0 Å². The van der Waals surface area contributed by atoms with Gasteiger partial charge in [-0.05, 0) is 19.3 Å². The van der Waals surface area contributed by atoms with Gasteiger partial charge in [0.15, 0.2) is 0 Å². The quantitative estimate of drug-likeness (QED) is 0.392. The van der Waals surface area contributed by atoms with Gasteiger partial charge in [-0.3, -0.25) is 0 Å². The highest BCUT2D eigenvalue weighted by Crippen LogP contribution is 2.16. The molecule has 3 unspecified atom stereocenters. The molecular formula is C18H36N6O3. The summed E-state index contributed by atoms with van der Waals surface area (Å²) in [5.74, 6) is 1.31. The van der Waals surface area contributed by atoms with Gasteiger partial charge in [-0.25, -0.2) is 0 Å². The summed E-state index contributed by atoms with van der Waals surface area (Å²) < 4.78 is 16.4. The highest BCUT2D eigenvalue weighted by atomic mass is 16.5. The fraction of sp³-hybridized carbons (Fsp3) is 0.833. The summed E-state index contributed by atoms with van der Waals surface area (Å²) in [4.78, 5) is 13.4. The van der Waals surface area contributed by atoms with Crippen molar-refractivity contribution in [2.24, 2.45) is 0 Å². The molecule has 9 heteroatoms. The van der Waals surface area contributed by atoms with Gasteiger partial charge < -0.3 is 30.2 Å². The van der Waals surface area contributed by atoms with E-state index in [0.717, 1.165) is 38.5 Å². The molecule has 0 fully saturated rings. The van der Waals surface area contributed by atoms with Gasteiger partial charge in [0.2, 0.25) is 17.8 Å². The predicted molar refractivity (Wildman–Crippen MR) is 108 cm³/mol. The molecule has 1 aromatic heterocycles. The van der Waals surface area contributed by atoms with Crippen molar-refractivity contribution in [1.82, 2.24) is 15.0 Å². The van der Waals surface area contributed by atoms with Crippen LogP contribution < -0.4 is 16.0 Å². The number of methoxy groups -OCH3 is 3. The fourth-order valence-electron chi connectivity index (χ4n) is 2.53. The van der Waals surface area contributed by atoms with E-state index in [1.165, 1.54) is 0 Å². The van der Waals surface area contributed by atoms with Gasteiger partial charge in [-0.1, -0.05) is 40.0 Å². The van der Waals surface area contributed by atoms with Crippen LogP contribution in [0.25, 0.3) is 0 Å². The van der Waals surface area contributed by atoms with Gasteiger partial charge in [-0.15, -0.1) is 0 Å². The minimum Gasteiger partial charge on any atom is -0.362 e. The van der Waals surface area contributed by atoms with Crippen LogP contribution in [0, 0.1) is 0 Å². The number of rotatable bonds is 15. The molecule has 0 aliphatic carbocycles. The monoisotopic (exact) mass is 384 g/mol. The van der Waals surface area contributed by atoms with Crippen LogP contribution in [-0.4, -0.2) is 55.0 Å². The van der Waals surface area contributed by atoms with Crippen molar-refractivity contribution in [2.45, 2.75) is 78.0 Å². The van der Waals surface area contributed by atoms with E-state index in [1.807, 2.05) is 0 Å². The van der Waals surface area contributed by atoms with Crippen LogP contribution in [0.3, 0.4) is 0 Å². The van der Waals surface area contributed by atoms with Crippen LogP contribution in [0.2, 0.25) is 0 Å². The second-order valence-electron chi connectivity index (χ2n) is 6.28. The molecule has 1 rings (SSSR count). The number of nitrogens with one attached hydrogen (secondary N) is 3. The summed E-state index contributed by atoms with van der Waals surface area (Å²) in [6.45, 7) is 6.30. The van der Waals surface area contributed by atoms with Gasteiger partial charge in [-0.2, -0.15) is 15.0 Å². The molecule has 3 N–H and O–H groups in total. The number of ether oxygens (including phenoxy) is 3. The molecule has 0 aliphatic heterocycles. The van der Waals surface area contributed by atoms with Crippen molar-refractivity contribution in [3.8, 4) is 0 Å². The molecule has 0 saturated heterocycles. The molecule has 156 valence electrons. The Bertz CT molecular complexity index is 436. The smallest absolute Gasteiger partial charge is 0.231 e. The zero-order chi connectivity index (χ0) is 20.1. The Labute approximate surface area is 163 Å². The molecule has 0 aliphatic rings. The Hall–Kier alpha value is -1.71. The molecule has 0 saturated carbocycles. The molecular weight excluding hydrogens is 348 g/mol. The van der Waals surface area contributed by atoms with E-state index >= 15 is 0 Å². The SMILES string of the molecule is CCCC(Nc1nc(NC(CCC)OC)nc(NC(CCC)OC)n1)OC. The topological polar surface area (TPSA) is 102 Å². The molecule has 0 amide bonds. The molecule has 0 radical (unpaired) electrons. The zero-order valence-electron chi connectivity index (χ0n) is 17.5. The summed E-state index contributed by atoms with van der Waals surface area (Å²) in [6.07, 6.45) is 5.00. The molecule has 9 nitrogen and oxygen atoms in total. The lowest BCUT2D eigenvalue weighted by atomic mass is 10.3. The lowest BCUT2D eigenvalue weighted by Gasteiger charge is -2.21. The predicted octanol–water partition coefficient (Wildman–Crippen LogP) is 3.43. The van der Waals surface area contributed by atoms with Crippen LogP contribution in [0.5, 0.6) is 0 Å². The summed E-state index contributed by atoms with van der Waals surface area (Å²) in [5.41, 5.74) is 0. The van der Waals surface area contributed by atoms with Crippen molar-refractivity contribution in [1.29, 1.82) is 0 Å². The number of hydrogen-bond donors (Lipinski definition) is 3. The highest BCUT2D eigenvalue weighted by molar-refractivity contribution is 5.43. The first-order chi connectivity index (χ1) is 13.1. The van der Waals surface area contributed by atoms with Crippen molar-refractivity contribution in [2.75, 3.05) is 37.3 Å². The normalized spacial score (nSPS) is 14.4. The minimum atomic E-state index is -0.166. The number of nitrogens with zero attached hydrogens (tertiary/aromatic N) is 3. The summed E-state index contributed by atoms with van der Waals surface area (Å²) in [7, 11) is 4.99. The maximum atomic E-state index is 5.45. The maximum absolute atomic E-state index is 5.45. The molecule has 0 spiro atoms. The van der Waals surface area contributed by atoms with E-state index in [0.29, 0.717) is 17.8 Å².